The van der Waals surface area contributed by atoms with Crippen LogP contribution in [0, 0.1) is 5.82 Å². The Balaban J connectivity index is 1.55. The van der Waals surface area contributed by atoms with Gasteiger partial charge in [0.05, 0.1) is 5.69 Å². The van der Waals surface area contributed by atoms with Crippen molar-refractivity contribution >= 4 is 17.5 Å². The predicted molar refractivity (Wildman–Crippen MR) is 89.1 cm³/mol. The summed E-state index contributed by atoms with van der Waals surface area (Å²) in [6, 6.07) is 11.0. The van der Waals surface area contributed by atoms with Gasteiger partial charge in [0.15, 0.2) is 13.2 Å². The molecule has 7 heteroatoms. The molecule has 6 nitrogen and oxygen atoms in total. The number of fused-ring (bicyclic) bond motifs is 1. The Morgan fingerprint density at radius 3 is 2.96 bits per heavy atom. The molecular formula is C18H17FN2O4. The van der Waals surface area contributed by atoms with Crippen LogP contribution in [0.3, 0.4) is 0 Å². The molecule has 2 aromatic rings. The molecule has 1 N–H and O–H groups in total. The summed E-state index contributed by atoms with van der Waals surface area (Å²) < 4.78 is 23.6. The molecule has 2 aromatic carbocycles. The number of hydrogen-bond acceptors (Lipinski definition) is 4. The lowest BCUT2D eigenvalue weighted by molar-refractivity contribution is -0.123. The van der Waals surface area contributed by atoms with Gasteiger partial charge in [-0.2, -0.15) is 0 Å². The van der Waals surface area contributed by atoms with E-state index in [1.165, 1.54) is 23.1 Å². The molecule has 0 fully saturated rings. The van der Waals surface area contributed by atoms with E-state index in [1.807, 2.05) is 6.07 Å². The zero-order valence-electron chi connectivity index (χ0n) is 13.6. The molecule has 130 valence electrons. The molecule has 0 aromatic heterocycles. The third-order valence-electron chi connectivity index (χ3n) is 3.77. The largest absolute Gasteiger partial charge is 0.484 e. The van der Waals surface area contributed by atoms with E-state index in [2.05, 4.69) is 5.32 Å². The van der Waals surface area contributed by atoms with Crippen molar-refractivity contribution < 1.29 is 23.5 Å². The number of anilines is 1. The standard InChI is InChI=1S/C18H17FN2O4/c1-21-15-7-12(5-6-16(15)25-11-18(21)23)9-20-17(22)10-24-14-4-2-3-13(19)8-14/h2-8H,9-11H2,1H3,(H,20,22). The molecule has 3 rings (SSSR count). The van der Waals surface area contributed by atoms with Crippen LogP contribution in [0.4, 0.5) is 10.1 Å². The molecule has 0 aliphatic carbocycles. The van der Waals surface area contributed by atoms with Gasteiger partial charge in [0, 0.05) is 19.7 Å². The Morgan fingerprint density at radius 2 is 2.16 bits per heavy atom. The third kappa shape index (κ3) is 4.06. The van der Waals surface area contributed by atoms with E-state index in [0.717, 1.165) is 5.56 Å². The number of nitrogens with zero attached hydrogens (tertiary/aromatic N) is 1. The smallest absolute Gasteiger partial charge is 0.264 e. The number of amides is 2. The Bertz CT molecular complexity index is 809. The number of likely N-dealkylation sites (N-methyl/N-ethyl adjacent to an activating group) is 1. The number of hydrogen-bond donors (Lipinski definition) is 1. The monoisotopic (exact) mass is 344 g/mol. The first-order valence-corrected chi connectivity index (χ1v) is 7.70. The number of halogens is 1. The van der Waals surface area contributed by atoms with Crippen LogP contribution in [-0.2, 0) is 16.1 Å². The molecule has 0 saturated heterocycles. The minimum Gasteiger partial charge on any atom is -0.484 e. The van der Waals surface area contributed by atoms with Crippen molar-refractivity contribution in [2.75, 3.05) is 25.2 Å². The molecular weight excluding hydrogens is 327 g/mol. The molecule has 1 aliphatic heterocycles. The summed E-state index contributed by atoms with van der Waals surface area (Å²) in [5, 5.41) is 2.71. The van der Waals surface area contributed by atoms with Crippen LogP contribution in [0.2, 0.25) is 0 Å². The summed E-state index contributed by atoms with van der Waals surface area (Å²) in [5.74, 6) is 0.0422. The average Bonchev–Trinajstić information content (AvgIpc) is 2.61. The number of ether oxygens (including phenoxy) is 2. The second kappa shape index (κ2) is 7.21. The fraction of sp³-hybridized carbons (Fsp3) is 0.222. The van der Waals surface area contributed by atoms with Gasteiger partial charge in [-0.3, -0.25) is 9.59 Å². The summed E-state index contributed by atoms with van der Waals surface area (Å²) in [6.07, 6.45) is 0. The zero-order chi connectivity index (χ0) is 17.8. The lowest BCUT2D eigenvalue weighted by Gasteiger charge is -2.26. The lowest BCUT2D eigenvalue weighted by Crippen LogP contribution is -2.35. The predicted octanol–water partition coefficient (Wildman–Crippen LogP) is 1.88. The second-order valence-electron chi connectivity index (χ2n) is 5.57. The normalized spacial score (nSPS) is 13.0. The quantitative estimate of drug-likeness (QED) is 0.899. The molecule has 0 atom stereocenters. The Morgan fingerprint density at radius 1 is 1.32 bits per heavy atom. The van der Waals surface area contributed by atoms with E-state index >= 15 is 0 Å². The first kappa shape index (κ1) is 16.8. The van der Waals surface area contributed by atoms with Gasteiger partial charge < -0.3 is 19.7 Å². The maximum Gasteiger partial charge on any atom is 0.264 e. The molecule has 0 saturated carbocycles. The van der Waals surface area contributed by atoms with Gasteiger partial charge in [0.2, 0.25) is 0 Å². The number of carbonyl (C=O) groups excluding carboxylic acids is 2. The van der Waals surface area contributed by atoms with Crippen molar-refractivity contribution in [3.05, 3.63) is 53.8 Å². The van der Waals surface area contributed by atoms with Crippen LogP contribution < -0.4 is 19.7 Å². The van der Waals surface area contributed by atoms with Crippen molar-refractivity contribution in [1.82, 2.24) is 5.32 Å². The zero-order valence-corrected chi connectivity index (χ0v) is 13.6. The molecule has 25 heavy (non-hydrogen) atoms. The summed E-state index contributed by atoms with van der Waals surface area (Å²) in [5.41, 5.74) is 1.49. The fourth-order valence-electron chi connectivity index (χ4n) is 2.39. The van der Waals surface area contributed by atoms with Crippen LogP contribution in [0.15, 0.2) is 42.5 Å². The van der Waals surface area contributed by atoms with E-state index < -0.39 is 5.82 Å². The van der Waals surface area contributed by atoms with Crippen LogP contribution in [0.1, 0.15) is 5.56 Å². The first-order chi connectivity index (χ1) is 12.0. The summed E-state index contributed by atoms with van der Waals surface area (Å²) >= 11 is 0. The molecule has 1 heterocycles. The SMILES string of the molecule is CN1C(=O)COc2ccc(CNC(=O)COc3cccc(F)c3)cc21. The highest BCUT2D eigenvalue weighted by molar-refractivity contribution is 5.97. The van der Waals surface area contributed by atoms with E-state index in [1.54, 1.807) is 25.2 Å². The van der Waals surface area contributed by atoms with Crippen molar-refractivity contribution in [3.63, 3.8) is 0 Å². The average molecular weight is 344 g/mol. The van der Waals surface area contributed by atoms with Crippen molar-refractivity contribution in [1.29, 1.82) is 0 Å². The third-order valence-corrected chi connectivity index (χ3v) is 3.77. The maximum atomic E-state index is 13.0. The first-order valence-electron chi connectivity index (χ1n) is 7.70. The Hall–Kier alpha value is -3.09. The van der Waals surface area contributed by atoms with Gasteiger partial charge in [0.25, 0.3) is 11.8 Å². The molecule has 2 amide bonds. The van der Waals surface area contributed by atoms with Crippen molar-refractivity contribution in [2.45, 2.75) is 6.54 Å². The van der Waals surface area contributed by atoms with Gasteiger partial charge in [0.1, 0.15) is 17.3 Å². The Kier molecular flexibility index (Phi) is 4.83. The van der Waals surface area contributed by atoms with Gasteiger partial charge in [-0.1, -0.05) is 12.1 Å². The van der Waals surface area contributed by atoms with Gasteiger partial charge >= 0.3 is 0 Å². The van der Waals surface area contributed by atoms with Crippen LogP contribution in [0.5, 0.6) is 11.5 Å². The molecule has 1 aliphatic rings. The van der Waals surface area contributed by atoms with Crippen LogP contribution in [-0.4, -0.2) is 32.1 Å². The highest BCUT2D eigenvalue weighted by Gasteiger charge is 2.22. The highest BCUT2D eigenvalue weighted by Crippen LogP contribution is 2.31. The van der Waals surface area contributed by atoms with Crippen LogP contribution in [0.25, 0.3) is 0 Å². The van der Waals surface area contributed by atoms with Gasteiger partial charge in [-0.25, -0.2) is 4.39 Å². The van der Waals surface area contributed by atoms with Crippen molar-refractivity contribution in [2.24, 2.45) is 0 Å². The minimum absolute atomic E-state index is 0.0248. The van der Waals surface area contributed by atoms with Gasteiger partial charge in [-0.05, 0) is 29.8 Å². The summed E-state index contributed by atoms with van der Waals surface area (Å²) in [7, 11) is 1.68. The van der Waals surface area contributed by atoms with Gasteiger partial charge in [-0.15, -0.1) is 0 Å². The topological polar surface area (TPSA) is 67.9 Å². The number of nitrogens with one attached hydrogen (secondary N) is 1. The fourth-order valence-corrected chi connectivity index (χ4v) is 2.39. The van der Waals surface area contributed by atoms with E-state index in [-0.39, 0.29) is 31.6 Å². The molecule has 0 radical (unpaired) electrons. The number of benzene rings is 2. The number of rotatable bonds is 5. The van der Waals surface area contributed by atoms with Crippen LogP contribution >= 0.6 is 0 Å². The number of carbonyl (C=O) groups is 2. The lowest BCUT2D eigenvalue weighted by atomic mass is 10.1. The van der Waals surface area contributed by atoms with E-state index in [4.69, 9.17) is 9.47 Å². The maximum absolute atomic E-state index is 13.0. The molecule has 0 bridgehead atoms. The second-order valence-corrected chi connectivity index (χ2v) is 5.57. The highest BCUT2D eigenvalue weighted by atomic mass is 19.1. The summed E-state index contributed by atoms with van der Waals surface area (Å²) in [4.78, 5) is 25.1. The van der Waals surface area contributed by atoms with E-state index in [9.17, 15) is 14.0 Å². The summed E-state index contributed by atoms with van der Waals surface area (Å²) in [6.45, 7) is 0.0908. The molecule has 0 spiro atoms. The Labute approximate surface area is 144 Å². The van der Waals surface area contributed by atoms with E-state index in [0.29, 0.717) is 17.2 Å². The molecule has 0 unspecified atom stereocenters. The minimum atomic E-state index is -0.423. The van der Waals surface area contributed by atoms with Crippen molar-refractivity contribution in [3.8, 4) is 11.5 Å².